The predicted octanol–water partition coefficient (Wildman–Crippen LogP) is 4.42. The molecule has 1 aliphatic carbocycles. The summed E-state index contributed by atoms with van der Waals surface area (Å²) in [5, 5.41) is 11.9. The van der Waals surface area contributed by atoms with Gasteiger partial charge in [-0.15, -0.1) is 0 Å². The standard InChI is InChI=1S/C27H26N2O5/c1-18(15-25(30)29(16-26(31)32)19-9-3-2-4-10-19)28-27(33)34-17-24-22-13-7-5-11-20(22)21-12-6-8-14-23(21)24/h2-14,18,24H,15-17H2,1H3,(H,28,33)(H,31,32). The first-order chi connectivity index (χ1) is 16.4. The molecule has 0 saturated heterocycles. The fourth-order valence-electron chi connectivity index (χ4n) is 4.33. The third-order valence-corrected chi connectivity index (χ3v) is 5.85. The van der Waals surface area contributed by atoms with Crippen molar-refractivity contribution in [1.82, 2.24) is 5.32 Å². The van der Waals surface area contributed by atoms with Gasteiger partial charge in [0, 0.05) is 24.1 Å². The molecule has 0 fully saturated rings. The van der Waals surface area contributed by atoms with Crippen LogP contribution in [0.3, 0.4) is 0 Å². The number of carboxylic acids is 1. The molecule has 174 valence electrons. The van der Waals surface area contributed by atoms with Gasteiger partial charge in [-0.3, -0.25) is 9.59 Å². The van der Waals surface area contributed by atoms with Gasteiger partial charge in [0.05, 0.1) is 0 Å². The van der Waals surface area contributed by atoms with Gasteiger partial charge in [0.1, 0.15) is 13.2 Å². The van der Waals surface area contributed by atoms with E-state index in [1.807, 2.05) is 36.4 Å². The van der Waals surface area contributed by atoms with Crippen molar-refractivity contribution >= 4 is 23.7 Å². The Bertz CT molecular complexity index is 1150. The summed E-state index contributed by atoms with van der Waals surface area (Å²) in [5.74, 6) is -1.58. The second-order valence-electron chi connectivity index (χ2n) is 8.28. The third kappa shape index (κ3) is 5.09. The topological polar surface area (TPSA) is 95.9 Å². The lowest BCUT2D eigenvalue weighted by Gasteiger charge is -2.23. The van der Waals surface area contributed by atoms with Crippen LogP contribution in [0.2, 0.25) is 0 Å². The van der Waals surface area contributed by atoms with Gasteiger partial charge in [-0.2, -0.15) is 0 Å². The van der Waals surface area contributed by atoms with E-state index in [-0.39, 0.29) is 18.9 Å². The van der Waals surface area contributed by atoms with Crippen molar-refractivity contribution in [3.63, 3.8) is 0 Å². The first-order valence-electron chi connectivity index (χ1n) is 11.1. The second-order valence-corrected chi connectivity index (χ2v) is 8.28. The molecule has 34 heavy (non-hydrogen) atoms. The number of rotatable bonds is 8. The molecule has 0 saturated carbocycles. The van der Waals surface area contributed by atoms with Crippen LogP contribution in [0.1, 0.15) is 30.4 Å². The maximum Gasteiger partial charge on any atom is 0.407 e. The Morgan fingerprint density at radius 1 is 0.912 bits per heavy atom. The van der Waals surface area contributed by atoms with Gasteiger partial charge in [-0.1, -0.05) is 66.7 Å². The molecule has 2 amide bonds. The van der Waals surface area contributed by atoms with Gasteiger partial charge >= 0.3 is 12.1 Å². The number of nitrogens with zero attached hydrogens (tertiary/aromatic N) is 1. The molecule has 1 aliphatic rings. The van der Waals surface area contributed by atoms with Gasteiger partial charge in [-0.25, -0.2) is 4.79 Å². The summed E-state index contributed by atoms with van der Waals surface area (Å²) in [6.45, 7) is 1.40. The minimum absolute atomic E-state index is 0.0563. The molecule has 0 aromatic heterocycles. The number of ether oxygens (including phenoxy) is 1. The van der Waals surface area contributed by atoms with Gasteiger partial charge in [-0.05, 0) is 41.3 Å². The Kier molecular flexibility index (Phi) is 6.92. The summed E-state index contributed by atoms with van der Waals surface area (Å²) in [4.78, 5) is 37.7. The number of carboxylic acid groups (broad SMARTS) is 1. The monoisotopic (exact) mass is 458 g/mol. The number of nitrogens with one attached hydrogen (secondary N) is 1. The highest BCUT2D eigenvalue weighted by molar-refractivity contribution is 5.97. The molecule has 0 spiro atoms. The minimum Gasteiger partial charge on any atom is -0.480 e. The quantitative estimate of drug-likeness (QED) is 0.521. The summed E-state index contributed by atoms with van der Waals surface area (Å²) < 4.78 is 5.53. The van der Waals surface area contributed by atoms with E-state index in [1.165, 1.54) is 4.90 Å². The van der Waals surface area contributed by atoms with Crippen LogP contribution in [0.4, 0.5) is 10.5 Å². The zero-order valence-corrected chi connectivity index (χ0v) is 18.8. The molecule has 0 bridgehead atoms. The van der Waals surface area contributed by atoms with E-state index < -0.39 is 30.6 Å². The van der Waals surface area contributed by atoms with Crippen LogP contribution < -0.4 is 10.2 Å². The molecular formula is C27H26N2O5. The van der Waals surface area contributed by atoms with Crippen LogP contribution in [0.25, 0.3) is 11.1 Å². The average molecular weight is 459 g/mol. The van der Waals surface area contributed by atoms with Gasteiger partial charge < -0.3 is 20.1 Å². The van der Waals surface area contributed by atoms with Crippen molar-refractivity contribution in [2.45, 2.75) is 25.3 Å². The smallest absolute Gasteiger partial charge is 0.407 e. The number of para-hydroxylation sites is 1. The van der Waals surface area contributed by atoms with Crippen LogP contribution in [0.5, 0.6) is 0 Å². The molecule has 3 aromatic carbocycles. The number of alkyl carbamates (subject to hydrolysis) is 1. The zero-order chi connectivity index (χ0) is 24.1. The van der Waals surface area contributed by atoms with Crippen LogP contribution >= 0.6 is 0 Å². The first kappa shape index (κ1) is 23.0. The molecule has 7 heteroatoms. The largest absolute Gasteiger partial charge is 0.480 e. The highest BCUT2D eigenvalue weighted by atomic mass is 16.5. The number of carbonyl (C=O) groups excluding carboxylic acids is 2. The number of carbonyl (C=O) groups is 3. The SMILES string of the molecule is CC(CC(=O)N(CC(=O)O)c1ccccc1)NC(=O)OCC1c2ccccc2-c2ccccc21. The van der Waals surface area contributed by atoms with E-state index in [4.69, 9.17) is 4.74 Å². The highest BCUT2D eigenvalue weighted by Gasteiger charge is 2.29. The Balaban J connectivity index is 1.35. The molecule has 3 aromatic rings. The third-order valence-electron chi connectivity index (χ3n) is 5.85. The Hall–Kier alpha value is -4.13. The molecule has 2 N–H and O–H groups in total. The summed E-state index contributed by atoms with van der Waals surface area (Å²) in [6.07, 6.45) is -0.682. The Morgan fingerprint density at radius 3 is 2.06 bits per heavy atom. The molecule has 4 rings (SSSR count). The molecule has 1 unspecified atom stereocenters. The van der Waals surface area contributed by atoms with Crippen molar-refractivity contribution in [3.8, 4) is 11.1 Å². The molecule has 0 aliphatic heterocycles. The van der Waals surface area contributed by atoms with Gasteiger partial charge in [0.15, 0.2) is 0 Å². The summed E-state index contributed by atoms with van der Waals surface area (Å²) >= 11 is 0. The van der Waals surface area contributed by atoms with Gasteiger partial charge in [0.2, 0.25) is 5.91 Å². The number of hydrogen-bond donors (Lipinski definition) is 2. The number of anilines is 1. The highest BCUT2D eigenvalue weighted by Crippen LogP contribution is 2.44. The predicted molar refractivity (Wildman–Crippen MR) is 129 cm³/mol. The summed E-state index contributed by atoms with van der Waals surface area (Å²) in [6, 6.07) is 24.2. The molecule has 1 atom stereocenters. The van der Waals surface area contributed by atoms with Crippen LogP contribution in [0, 0.1) is 0 Å². The van der Waals surface area contributed by atoms with Crippen LogP contribution in [0.15, 0.2) is 78.9 Å². The lowest BCUT2D eigenvalue weighted by atomic mass is 9.98. The van der Waals surface area contributed by atoms with Crippen molar-refractivity contribution in [1.29, 1.82) is 0 Å². The van der Waals surface area contributed by atoms with Crippen molar-refractivity contribution in [2.75, 3.05) is 18.1 Å². The molecule has 0 heterocycles. The number of benzene rings is 3. The van der Waals surface area contributed by atoms with E-state index in [0.717, 1.165) is 22.3 Å². The molecule has 0 radical (unpaired) electrons. The lowest BCUT2D eigenvalue weighted by Crippen LogP contribution is -2.41. The Morgan fingerprint density at radius 2 is 1.47 bits per heavy atom. The number of hydrogen-bond acceptors (Lipinski definition) is 4. The normalized spacial score (nSPS) is 12.9. The van der Waals surface area contributed by atoms with Crippen molar-refractivity contribution < 1.29 is 24.2 Å². The fourth-order valence-corrected chi connectivity index (χ4v) is 4.33. The van der Waals surface area contributed by atoms with Crippen molar-refractivity contribution in [3.05, 3.63) is 90.0 Å². The first-order valence-corrected chi connectivity index (χ1v) is 11.1. The van der Waals surface area contributed by atoms with Crippen LogP contribution in [-0.2, 0) is 14.3 Å². The second kappa shape index (κ2) is 10.2. The summed E-state index contributed by atoms with van der Waals surface area (Å²) in [5.41, 5.74) is 5.01. The zero-order valence-electron chi connectivity index (χ0n) is 18.8. The molecule has 7 nitrogen and oxygen atoms in total. The number of aliphatic carboxylic acids is 1. The average Bonchev–Trinajstić information content (AvgIpc) is 3.15. The van der Waals surface area contributed by atoms with E-state index >= 15 is 0 Å². The van der Waals surface area contributed by atoms with Gasteiger partial charge in [0.25, 0.3) is 0 Å². The van der Waals surface area contributed by atoms with E-state index in [9.17, 15) is 19.5 Å². The van der Waals surface area contributed by atoms with E-state index in [1.54, 1.807) is 37.3 Å². The van der Waals surface area contributed by atoms with Crippen LogP contribution in [-0.4, -0.2) is 42.3 Å². The van der Waals surface area contributed by atoms with E-state index in [0.29, 0.717) is 5.69 Å². The maximum atomic E-state index is 12.8. The maximum absolute atomic E-state index is 12.8. The fraction of sp³-hybridized carbons (Fsp3) is 0.222. The number of amides is 2. The van der Waals surface area contributed by atoms with Crippen molar-refractivity contribution in [2.24, 2.45) is 0 Å². The lowest BCUT2D eigenvalue weighted by molar-refractivity contribution is -0.136. The number of fused-ring (bicyclic) bond motifs is 3. The summed E-state index contributed by atoms with van der Waals surface area (Å²) in [7, 11) is 0. The Labute approximate surface area is 198 Å². The molecular weight excluding hydrogens is 432 g/mol. The van der Waals surface area contributed by atoms with E-state index in [2.05, 4.69) is 17.4 Å². The minimum atomic E-state index is -1.12.